The van der Waals surface area contributed by atoms with E-state index in [0.29, 0.717) is 11.0 Å². The predicted molar refractivity (Wildman–Crippen MR) is 88.0 cm³/mol. The van der Waals surface area contributed by atoms with Crippen molar-refractivity contribution in [2.75, 3.05) is 5.32 Å². The first-order chi connectivity index (χ1) is 9.65. The van der Waals surface area contributed by atoms with E-state index in [4.69, 9.17) is 18.0 Å². The fraction of sp³-hybridized carbons (Fsp3) is 0.250. The molecule has 1 unspecified atom stereocenters. The summed E-state index contributed by atoms with van der Waals surface area (Å²) in [4.78, 5) is 4.69. The summed E-state index contributed by atoms with van der Waals surface area (Å²) in [5, 5.41) is 3.38. The molecule has 1 heterocycles. The molecule has 0 aliphatic carbocycles. The molecule has 3 N–H and O–H groups in total. The first-order valence-corrected chi connectivity index (χ1v) is 7.12. The van der Waals surface area contributed by atoms with Gasteiger partial charge in [0.25, 0.3) is 0 Å². The Bertz CT molecular complexity index is 569. The molecule has 0 amide bonds. The molecular formula is C16H19N3S. The molecule has 0 saturated heterocycles. The predicted octanol–water partition coefficient (Wildman–Crippen LogP) is 3.15. The van der Waals surface area contributed by atoms with E-state index in [0.717, 1.165) is 24.2 Å². The van der Waals surface area contributed by atoms with E-state index >= 15 is 0 Å². The van der Waals surface area contributed by atoms with Gasteiger partial charge in [0, 0.05) is 17.8 Å². The number of rotatable bonds is 6. The van der Waals surface area contributed by atoms with Crippen molar-refractivity contribution in [1.29, 1.82) is 0 Å². The molecule has 0 aliphatic heterocycles. The molecule has 0 aliphatic rings. The van der Waals surface area contributed by atoms with Gasteiger partial charge in [0.15, 0.2) is 0 Å². The van der Waals surface area contributed by atoms with E-state index in [1.165, 1.54) is 5.56 Å². The summed E-state index contributed by atoms with van der Waals surface area (Å²) in [5.41, 5.74) is 7.82. The van der Waals surface area contributed by atoms with Crippen LogP contribution in [0.2, 0.25) is 0 Å². The SMILES string of the molecule is CC(CCc1ccccc1)Nc1cc(C(N)=S)ccn1. The van der Waals surface area contributed by atoms with Crippen molar-refractivity contribution < 1.29 is 0 Å². The minimum Gasteiger partial charge on any atom is -0.389 e. The van der Waals surface area contributed by atoms with E-state index in [2.05, 4.69) is 41.5 Å². The number of hydrogen-bond donors (Lipinski definition) is 2. The van der Waals surface area contributed by atoms with Crippen LogP contribution in [0.1, 0.15) is 24.5 Å². The first kappa shape index (κ1) is 14.5. The van der Waals surface area contributed by atoms with E-state index in [1.807, 2.05) is 18.2 Å². The van der Waals surface area contributed by atoms with Crippen LogP contribution in [-0.2, 0) is 6.42 Å². The van der Waals surface area contributed by atoms with Gasteiger partial charge in [-0.1, -0.05) is 42.5 Å². The number of aromatic nitrogens is 1. The summed E-state index contributed by atoms with van der Waals surface area (Å²) in [6.45, 7) is 2.15. The summed E-state index contributed by atoms with van der Waals surface area (Å²) < 4.78 is 0. The second-order valence-corrected chi connectivity index (χ2v) is 5.30. The van der Waals surface area contributed by atoms with Crippen molar-refractivity contribution in [1.82, 2.24) is 4.98 Å². The summed E-state index contributed by atoms with van der Waals surface area (Å²) >= 11 is 4.97. The van der Waals surface area contributed by atoms with Crippen molar-refractivity contribution in [3.8, 4) is 0 Å². The molecule has 104 valence electrons. The molecule has 1 aromatic heterocycles. The second-order valence-electron chi connectivity index (χ2n) is 4.86. The summed E-state index contributed by atoms with van der Waals surface area (Å²) in [5.74, 6) is 0.816. The minimum absolute atomic E-state index is 0.337. The fourth-order valence-corrected chi connectivity index (χ4v) is 2.14. The molecule has 20 heavy (non-hydrogen) atoms. The molecule has 0 radical (unpaired) electrons. The third-order valence-corrected chi connectivity index (χ3v) is 3.38. The second kappa shape index (κ2) is 7.01. The topological polar surface area (TPSA) is 50.9 Å². The molecule has 2 rings (SSSR count). The molecule has 1 aromatic carbocycles. The van der Waals surface area contributed by atoms with Crippen molar-refractivity contribution >= 4 is 23.0 Å². The highest BCUT2D eigenvalue weighted by molar-refractivity contribution is 7.80. The maximum Gasteiger partial charge on any atom is 0.126 e. The van der Waals surface area contributed by atoms with Crippen LogP contribution < -0.4 is 11.1 Å². The molecule has 0 saturated carbocycles. The highest BCUT2D eigenvalue weighted by Gasteiger charge is 2.05. The van der Waals surface area contributed by atoms with Crippen LogP contribution in [-0.4, -0.2) is 16.0 Å². The zero-order chi connectivity index (χ0) is 14.4. The van der Waals surface area contributed by atoms with Crippen LogP contribution in [0.5, 0.6) is 0 Å². The van der Waals surface area contributed by atoms with Gasteiger partial charge in [-0.15, -0.1) is 0 Å². The Morgan fingerprint density at radius 1 is 1.30 bits per heavy atom. The molecule has 0 bridgehead atoms. The number of aryl methyl sites for hydroxylation is 1. The van der Waals surface area contributed by atoms with Gasteiger partial charge < -0.3 is 11.1 Å². The van der Waals surface area contributed by atoms with Gasteiger partial charge in [0.2, 0.25) is 0 Å². The van der Waals surface area contributed by atoms with Crippen LogP contribution >= 0.6 is 12.2 Å². The lowest BCUT2D eigenvalue weighted by molar-refractivity contribution is 0.703. The molecule has 4 heteroatoms. The largest absolute Gasteiger partial charge is 0.389 e. The molecule has 0 fully saturated rings. The number of nitrogens with zero attached hydrogens (tertiary/aromatic N) is 1. The Hall–Kier alpha value is -1.94. The number of nitrogens with two attached hydrogens (primary N) is 1. The van der Waals surface area contributed by atoms with Crippen molar-refractivity contribution in [3.05, 3.63) is 59.8 Å². The maximum absolute atomic E-state index is 5.62. The zero-order valence-corrected chi connectivity index (χ0v) is 12.4. The molecule has 3 nitrogen and oxygen atoms in total. The average Bonchev–Trinajstić information content (AvgIpc) is 2.46. The lowest BCUT2D eigenvalue weighted by atomic mass is 10.1. The Labute approximate surface area is 125 Å². The molecule has 0 spiro atoms. The first-order valence-electron chi connectivity index (χ1n) is 6.71. The highest BCUT2D eigenvalue weighted by atomic mass is 32.1. The summed E-state index contributed by atoms with van der Waals surface area (Å²) in [7, 11) is 0. The monoisotopic (exact) mass is 285 g/mol. The summed E-state index contributed by atoms with van der Waals surface area (Å²) in [6.07, 6.45) is 3.81. The van der Waals surface area contributed by atoms with Crippen LogP contribution in [0, 0.1) is 0 Å². The number of benzene rings is 1. The van der Waals surface area contributed by atoms with Gasteiger partial charge in [-0.3, -0.25) is 0 Å². The van der Waals surface area contributed by atoms with Gasteiger partial charge in [-0.2, -0.15) is 0 Å². The van der Waals surface area contributed by atoms with Crippen molar-refractivity contribution in [3.63, 3.8) is 0 Å². The number of nitrogens with one attached hydrogen (secondary N) is 1. The molecular weight excluding hydrogens is 266 g/mol. The van der Waals surface area contributed by atoms with E-state index in [1.54, 1.807) is 6.20 Å². The van der Waals surface area contributed by atoms with E-state index in [-0.39, 0.29) is 0 Å². The van der Waals surface area contributed by atoms with Gasteiger partial charge in [0.1, 0.15) is 10.8 Å². The van der Waals surface area contributed by atoms with E-state index in [9.17, 15) is 0 Å². The average molecular weight is 285 g/mol. The molecule has 1 atom stereocenters. The zero-order valence-electron chi connectivity index (χ0n) is 11.5. The maximum atomic E-state index is 5.62. The number of anilines is 1. The highest BCUT2D eigenvalue weighted by Crippen LogP contribution is 2.11. The van der Waals surface area contributed by atoms with Crippen LogP contribution in [0.4, 0.5) is 5.82 Å². The van der Waals surface area contributed by atoms with Crippen molar-refractivity contribution in [2.45, 2.75) is 25.8 Å². The van der Waals surface area contributed by atoms with Gasteiger partial charge in [-0.25, -0.2) is 4.98 Å². The number of pyridine rings is 1. The standard InChI is InChI=1S/C16H19N3S/c1-12(7-8-13-5-3-2-4-6-13)19-15-11-14(16(17)20)9-10-18-15/h2-6,9-12H,7-8H2,1H3,(H2,17,20)(H,18,19). The third kappa shape index (κ3) is 4.31. The third-order valence-electron chi connectivity index (χ3n) is 3.15. The van der Waals surface area contributed by atoms with E-state index < -0.39 is 0 Å². The van der Waals surface area contributed by atoms with Gasteiger partial charge >= 0.3 is 0 Å². The van der Waals surface area contributed by atoms with Crippen LogP contribution in [0.25, 0.3) is 0 Å². The Balaban J connectivity index is 1.89. The normalized spacial score (nSPS) is 11.8. The fourth-order valence-electron chi connectivity index (χ4n) is 2.02. The van der Waals surface area contributed by atoms with Gasteiger partial charge in [-0.05, 0) is 37.5 Å². The Morgan fingerprint density at radius 3 is 2.75 bits per heavy atom. The smallest absolute Gasteiger partial charge is 0.126 e. The minimum atomic E-state index is 0.337. The Morgan fingerprint density at radius 2 is 2.05 bits per heavy atom. The summed E-state index contributed by atoms with van der Waals surface area (Å²) in [6, 6.07) is 14.5. The van der Waals surface area contributed by atoms with Gasteiger partial charge in [0.05, 0.1) is 0 Å². The molecule has 2 aromatic rings. The van der Waals surface area contributed by atoms with Crippen LogP contribution in [0.3, 0.4) is 0 Å². The Kier molecular flexibility index (Phi) is 5.07. The van der Waals surface area contributed by atoms with Crippen LogP contribution in [0.15, 0.2) is 48.7 Å². The number of hydrogen-bond acceptors (Lipinski definition) is 3. The quantitative estimate of drug-likeness (QED) is 0.801. The lowest BCUT2D eigenvalue weighted by Crippen LogP contribution is -2.18. The lowest BCUT2D eigenvalue weighted by Gasteiger charge is -2.15. The number of thiocarbonyl (C=S) groups is 1. The van der Waals surface area contributed by atoms with Crippen molar-refractivity contribution in [2.24, 2.45) is 5.73 Å².